The molecule has 2 aliphatic rings. The Balaban J connectivity index is 0.00000507. The standard InChI is InChI=1S/C18H19F8N5O2.ClH/c19-16(20)3-1-12(32)31(8-16)6-9(27)5-13(33)30-4-2-10-11(7-30)28-15(18(24,25)26)29-14(10)17(21,22)23;/h9H,1-8,27H2;1H/t9-;/m0./s1/i4D2,7D2;. The van der Waals surface area contributed by atoms with Crippen LogP contribution in [0.1, 0.15) is 47.5 Å². The number of fused-ring (bicyclic) bond motifs is 1. The Morgan fingerprint density at radius 1 is 1.15 bits per heavy atom. The lowest BCUT2D eigenvalue weighted by Crippen LogP contribution is -2.51. The summed E-state index contributed by atoms with van der Waals surface area (Å²) in [6, 6.07) is -1.44. The predicted octanol–water partition coefficient (Wildman–Crippen LogP) is 2.80. The third-order valence-electron chi connectivity index (χ3n) is 4.78. The van der Waals surface area contributed by atoms with Crippen molar-refractivity contribution in [1.29, 1.82) is 0 Å². The summed E-state index contributed by atoms with van der Waals surface area (Å²) in [5.41, 5.74) is 0.730. The van der Waals surface area contributed by atoms with E-state index in [1.807, 2.05) is 0 Å². The molecular formula is C18H20ClF8N5O2. The summed E-state index contributed by atoms with van der Waals surface area (Å²) in [7, 11) is 0. The second-order valence-electron chi connectivity index (χ2n) is 7.49. The van der Waals surface area contributed by atoms with Crippen molar-refractivity contribution >= 4 is 24.2 Å². The number of nitrogens with two attached hydrogens (primary N) is 1. The van der Waals surface area contributed by atoms with Gasteiger partial charge in [-0.2, -0.15) is 26.3 Å². The van der Waals surface area contributed by atoms with Crippen molar-refractivity contribution in [3.05, 3.63) is 22.8 Å². The number of amides is 2. The van der Waals surface area contributed by atoms with E-state index < -0.39 is 111 Å². The van der Waals surface area contributed by atoms with Gasteiger partial charge in [0.05, 0.1) is 21.5 Å². The Hall–Kier alpha value is -2.29. The molecule has 1 aromatic rings. The lowest BCUT2D eigenvalue weighted by Gasteiger charge is -2.34. The third kappa shape index (κ3) is 6.43. The second-order valence-corrected chi connectivity index (χ2v) is 7.49. The van der Waals surface area contributed by atoms with Crippen molar-refractivity contribution in [3.63, 3.8) is 0 Å². The van der Waals surface area contributed by atoms with Crippen LogP contribution in [-0.4, -0.2) is 63.1 Å². The van der Waals surface area contributed by atoms with E-state index in [4.69, 9.17) is 11.2 Å². The van der Waals surface area contributed by atoms with Gasteiger partial charge in [-0.3, -0.25) is 9.59 Å². The molecule has 0 bridgehead atoms. The first kappa shape index (κ1) is 22.2. The van der Waals surface area contributed by atoms with E-state index in [1.54, 1.807) is 0 Å². The van der Waals surface area contributed by atoms with Gasteiger partial charge in [0.2, 0.25) is 17.6 Å². The number of likely N-dealkylation sites (tertiary alicyclic amines) is 1. The Labute approximate surface area is 199 Å². The van der Waals surface area contributed by atoms with Crippen LogP contribution >= 0.6 is 12.4 Å². The number of carbonyl (C=O) groups is 2. The van der Waals surface area contributed by atoms with Crippen LogP contribution in [0.2, 0.25) is 0 Å². The second kappa shape index (κ2) is 9.76. The van der Waals surface area contributed by atoms with E-state index in [1.165, 1.54) is 0 Å². The molecule has 0 aliphatic carbocycles. The lowest BCUT2D eigenvalue weighted by molar-refractivity contribution is -0.153. The molecule has 0 unspecified atom stereocenters. The average molecular weight is 530 g/mol. The number of aromatic nitrogens is 2. The normalized spacial score (nSPS) is 24.1. The maximum atomic E-state index is 13.6. The molecule has 1 fully saturated rings. The Bertz CT molecular complexity index is 1110. The van der Waals surface area contributed by atoms with Gasteiger partial charge < -0.3 is 15.5 Å². The molecule has 3 rings (SSSR count). The number of piperidine rings is 1. The van der Waals surface area contributed by atoms with Crippen LogP contribution < -0.4 is 5.73 Å². The van der Waals surface area contributed by atoms with Crippen LogP contribution in [0.25, 0.3) is 0 Å². The summed E-state index contributed by atoms with van der Waals surface area (Å²) < 4.78 is 140. The van der Waals surface area contributed by atoms with E-state index in [9.17, 15) is 44.7 Å². The number of carbonyl (C=O) groups excluding carboxylic acids is 2. The minimum atomic E-state index is -5.54. The first-order chi connectivity index (χ1) is 16.6. The van der Waals surface area contributed by atoms with Gasteiger partial charge in [-0.05, 0) is 6.42 Å². The average Bonchev–Trinajstić information content (AvgIpc) is 2.67. The Morgan fingerprint density at radius 2 is 1.79 bits per heavy atom. The molecule has 7 nitrogen and oxygen atoms in total. The van der Waals surface area contributed by atoms with E-state index in [0.29, 0.717) is 4.90 Å². The van der Waals surface area contributed by atoms with Crippen LogP contribution in [0, 0.1) is 0 Å². The summed E-state index contributed by atoms with van der Waals surface area (Å²) in [5.74, 6) is -7.78. The minimum absolute atomic E-state index is 0. The fourth-order valence-electron chi connectivity index (χ4n) is 3.28. The zero-order valence-electron chi connectivity index (χ0n) is 20.9. The van der Waals surface area contributed by atoms with Crippen molar-refractivity contribution in [1.82, 2.24) is 19.8 Å². The molecule has 0 radical (unpaired) electrons. The summed E-state index contributed by atoms with van der Waals surface area (Å²) >= 11 is 0. The summed E-state index contributed by atoms with van der Waals surface area (Å²) in [4.78, 5) is 30.5. The third-order valence-corrected chi connectivity index (χ3v) is 4.78. The SMILES string of the molecule is Cl.[2H]C1([2H])Cc2c(C(F)(F)F)nc(C(F)(F)F)nc2C([2H])([2H])N1C(=O)C[C@H](N)CN1CC(F)(F)CCC1=O. The number of nitrogens with zero attached hydrogens (tertiary/aromatic N) is 4. The molecule has 1 saturated heterocycles. The van der Waals surface area contributed by atoms with Gasteiger partial charge in [-0.15, -0.1) is 12.4 Å². The number of halogens is 9. The maximum absolute atomic E-state index is 13.6. The fraction of sp³-hybridized carbons (Fsp3) is 0.667. The largest absolute Gasteiger partial charge is 0.451 e. The van der Waals surface area contributed by atoms with Crippen LogP contribution in [-0.2, 0) is 34.9 Å². The van der Waals surface area contributed by atoms with Crippen LogP contribution in [0.5, 0.6) is 0 Å². The lowest BCUT2D eigenvalue weighted by atomic mass is 10.0. The van der Waals surface area contributed by atoms with Gasteiger partial charge in [0, 0.05) is 46.7 Å². The molecule has 16 heteroatoms. The van der Waals surface area contributed by atoms with Crippen LogP contribution in [0.3, 0.4) is 0 Å². The van der Waals surface area contributed by atoms with Crippen LogP contribution in [0.15, 0.2) is 0 Å². The number of alkyl halides is 8. The van der Waals surface area contributed by atoms with E-state index in [0.717, 1.165) is 0 Å². The van der Waals surface area contributed by atoms with E-state index in [2.05, 4.69) is 9.97 Å². The summed E-state index contributed by atoms with van der Waals surface area (Å²) in [6.07, 6.45) is -14.7. The van der Waals surface area contributed by atoms with Gasteiger partial charge in [-0.25, -0.2) is 18.7 Å². The zero-order valence-corrected chi connectivity index (χ0v) is 17.8. The predicted molar refractivity (Wildman–Crippen MR) is 102 cm³/mol. The van der Waals surface area contributed by atoms with Gasteiger partial charge in [-0.1, -0.05) is 0 Å². The highest BCUT2D eigenvalue weighted by Gasteiger charge is 2.44. The zero-order chi connectivity index (χ0) is 28.4. The quantitative estimate of drug-likeness (QED) is 0.606. The molecule has 0 spiro atoms. The minimum Gasteiger partial charge on any atom is -0.336 e. The first-order valence-corrected chi connectivity index (χ1v) is 9.36. The first-order valence-electron chi connectivity index (χ1n) is 11.4. The smallest absolute Gasteiger partial charge is 0.336 e. The van der Waals surface area contributed by atoms with Crippen molar-refractivity contribution in [2.24, 2.45) is 5.73 Å². The van der Waals surface area contributed by atoms with Gasteiger partial charge in [0.25, 0.3) is 5.92 Å². The van der Waals surface area contributed by atoms with E-state index >= 15 is 0 Å². The van der Waals surface area contributed by atoms with Gasteiger partial charge in [0.1, 0.15) is 0 Å². The monoisotopic (exact) mass is 529 g/mol. The molecule has 0 saturated carbocycles. The molecule has 2 N–H and O–H groups in total. The maximum Gasteiger partial charge on any atom is 0.451 e. The molecular weight excluding hydrogens is 506 g/mol. The number of hydrogen-bond acceptors (Lipinski definition) is 5. The Kier molecular flexibility index (Phi) is 6.37. The molecule has 1 aromatic heterocycles. The van der Waals surface area contributed by atoms with Crippen LogP contribution in [0.4, 0.5) is 35.1 Å². The summed E-state index contributed by atoms with van der Waals surface area (Å²) in [5, 5.41) is 0. The topological polar surface area (TPSA) is 92.4 Å². The van der Waals surface area contributed by atoms with Gasteiger partial charge >= 0.3 is 12.4 Å². The van der Waals surface area contributed by atoms with Crippen molar-refractivity contribution < 1.29 is 50.2 Å². The number of rotatable bonds is 4. The highest BCUT2D eigenvalue weighted by atomic mass is 35.5. The molecule has 2 amide bonds. The molecule has 192 valence electrons. The Morgan fingerprint density at radius 3 is 2.38 bits per heavy atom. The highest BCUT2D eigenvalue weighted by molar-refractivity contribution is 5.85. The molecule has 2 aliphatic heterocycles. The molecule has 34 heavy (non-hydrogen) atoms. The number of hydrogen-bond donors (Lipinski definition) is 1. The van der Waals surface area contributed by atoms with E-state index in [-0.39, 0.29) is 17.3 Å². The highest BCUT2D eigenvalue weighted by Crippen LogP contribution is 2.37. The molecule has 3 heterocycles. The van der Waals surface area contributed by atoms with Crippen molar-refractivity contribution in [2.75, 3.05) is 19.6 Å². The fourth-order valence-corrected chi connectivity index (χ4v) is 3.28. The van der Waals surface area contributed by atoms with Gasteiger partial charge in [0.15, 0.2) is 5.69 Å². The summed E-state index contributed by atoms with van der Waals surface area (Å²) in [6.45, 7) is -8.48. The van der Waals surface area contributed by atoms with Crippen molar-refractivity contribution in [2.45, 2.75) is 56.5 Å². The molecule has 0 aromatic carbocycles. The molecule has 1 atom stereocenters. The van der Waals surface area contributed by atoms with Crippen molar-refractivity contribution in [3.8, 4) is 0 Å².